The molecule has 4 heteroatoms. The second kappa shape index (κ2) is 8.39. The predicted molar refractivity (Wildman–Crippen MR) is 68.3 cm³/mol. The van der Waals surface area contributed by atoms with Gasteiger partial charge in [0.1, 0.15) is 0 Å². The van der Waals surface area contributed by atoms with Crippen molar-refractivity contribution >= 4 is 6.08 Å². The molecule has 0 nitrogen and oxygen atoms in total. The van der Waals surface area contributed by atoms with Crippen LogP contribution in [0.5, 0.6) is 0 Å². The normalized spacial score (nSPS) is 15.2. The second-order valence-corrected chi connectivity index (χ2v) is 5.92. The van der Waals surface area contributed by atoms with Crippen molar-refractivity contribution in [3.05, 3.63) is 65.2 Å². The zero-order chi connectivity index (χ0) is 11.8. The number of rotatable bonds is 1. The van der Waals surface area contributed by atoms with Crippen LogP contribution in [0, 0.1) is 0 Å². The number of benzene rings is 2. The maximum Gasteiger partial charge on any atom is -1.00 e. The van der Waals surface area contributed by atoms with Crippen LogP contribution in [0.4, 0.5) is 0 Å². The van der Waals surface area contributed by atoms with Gasteiger partial charge in [0.05, 0.1) is 0 Å². The molecule has 1 unspecified atom stereocenters. The van der Waals surface area contributed by atoms with Crippen LogP contribution >= 0.6 is 0 Å². The fourth-order valence-corrected chi connectivity index (χ4v) is 3.25. The second-order valence-electron chi connectivity index (χ2n) is 4.50. The molecule has 0 fully saturated rings. The van der Waals surface area contributed by atoms with E-state index in [1.54, 1.807) is 24.7 Å². The largest absolute Gasteiger partial charge is 1.00 e. The van der Waals surface area contributed by atoms with E-state index in [9.17, 15) is 0 Å². The van der Waals surface area contributed by atoms with Gasteiger partial charge < -0.3 is 37.2 Å². The van der Waals surface area contributed by atoms with Crippen molar-refractivity contribution in [2.75, 3.05) is 0 Å². The van der Waals surface area contributed by atoms with E-state index in [0.717, 1.165) is 0 Å². The van der Waals surface area contributed by atoms with Crippen molar-refractivity contribution in [2.45, 2.75) is 10.5 Å². The van der Waals surface area contributed by atoms with Crippen LogP contribution in [0.25, 0.3) is 17.2 Å². The van der Waals surface area contributed by atoms with Gasteiger partial charge in [-0.1, -0.05) is 0 Å². The minimum Gasteiger partial charge on any atom is -1.00 e. The minimum absolute atomic E-state index is 0. The Balaban J connectivity index is 0.00000120. The molecule has 0 bridgehead atoms. The average molecular weight is 403 g/mol. The SMILES string of the molecule is CC1=Cc2c(-c3ccccc3)cccc2[CH]1[Zr+3].[Cl-].[Cl-].[Cl-]. The molecule has 20 heavy (non-hydrogen) atoms. The first kappa shape index (κ1) is 19.9. The summed E-state index contributed by atoms with van der Waals surface area (Å²) in [5.41, 5.74) is 7.12. The first-order valence-electron chi connectivity index (χ1n) is 5.85. The summed E-state index contributed by atoms with van der Waals surface area (Å²) in [5.74, 6) is 0. The quantitative estimate of drug-likeness (QED) is 0.450. The van der Waals surface area contributed by atoms with Crippen molar-refractivity contribution < 1.29 is 61.9 Å². The van der Waals surface area contributed by atoms with Gasteiger partial charge in [-0.2, -0.15) is 0 Å². The van der Waals surface area contributed by atoms with Gasteiger partial charge in [-0.25, -0.2) is 0 Å². The van der Waals surface area contributed by atoms with Crippen LogP contribution in [0.15, 0.2) is 54.1 Å². The smallest absolute Gasteiger partial charge is 1.00 e. The Bertz CT molecular complexity index is 594. The van der Waals surface area contributed by atoms with Gasteiger partial charge in [0.2, 0.25) is 0 Å². The monoisotopic (exact) mass is 400 g/mol. The predicted octanol–water partition coefficient (Wildman–Crippen LogP) is -4.63. The Kier molecular flexibility index (Phi) is 8.37. The first-order chi connectivity index (χ1) is 8.27. The number of fused-ring (bicyclic) bond motifs is 1. The summed E-state index contributed by atoms with van der Waals surface area (Å²) in [6, 6.07) is 17.3. The molecule has 0 N–H and O–H groups in total. The van der Waals surface area contributed by atoms with Gasteiger partial charge in [-0.3, -0.25) is 0 Å². The average Bonchev–Trinajstić information content (AvgIpc) is 2.67. The molecule has 2 aromatic carbocycles. The van der Waals surface area contributed by atoms with E-state index in [1.165, 1.54) is 27.8 Å². The van der Waals surface area contributed by atoms with Crippen LogP contribution in [0.1, 0.15) is 21.7 Å². The number of halogens is 3. The fraction of sp³-hybridized carbons (Fsp3) is 0.125. The Labute approximate surface area is 154 Å². The van der Waals surface area contributed by atoms with E-state index < -0.39 is 0 Å². The Morgan fingerprint density at radius 3 is 2.15 bits per heavy atom. The van der Waals surface area contributed by atoms with E-state index in [1.807, 2.05) is 0 Å². The number of hydrogen-bond donors (Lipinski definition) is 0. The molecule has 0 saturated carbocycles. The third-order valence-electron chi connectivity index (χ3n) is 3.36. The molecule has 0 aliphatic heterocycles. The standard InChI is InChI=1S/C16H13.3ClH.Zr/c1-12-10-14-8-5-9-15(16(14)11-12)13-6-3-2-4-7-13;;;;/h2-11H,1H3;3*1H;/q;;;;+3/p-3. The molecule has 0 heterocycles. The Morgan fingerprint density at radius 2 is 1.50 bits per heavy atom. The Morgan fingerprint density at radius 1 is 0.850 bits per heavy atom. The van der Waals surface area contributed by atoms with Crippen molar-refractivity contribution in [2.24, 2.45) is 0 Å². The van der Waals surface area contributed by atoms with Crippen LogP contribution in [-0.4, -0.2) is 0 Å². The van der Waals surface area contributed by atoms with Gasteiger partial charge in [0.25, 0.3) is 0 Å². The summed E-state index contributed by atoms with van der Waals surface area (Å²) in [7, 11) is 0. The summed E-state index contributed by atoms with van der Waals surface area (Å²) < 4.78 is 0.654. The third kappa shape index (κ3) is 3.57. The summed E-state index contributed by atoms with van der Waals surface area (Å²) in [6.07, 6.45) is 2.36. The molecular formula is C16H13Cl3Zr. The van der Waals surface area contributed by atoms with Gasteiger partial charge >= 0.3 is 118 Å². The molecule has 0 amide bonds. The zero-order valence-electron chi connectivity index (χ0n) is 10.9. The molecule has 0 spiro atoms. The van der Waals surface area contributed by atoms with Crippen LogP contribution < -0.4 is 37.2 Å². The maximum absolute atomic E-state index is 2.36. The maximum atomic E-state index is 2.36. The first-order valence-corrected chi connectivity index (χ1v) is 7.27. The molecule has 2 aromatic rings. The zero-order valence-corrected chi connectivity index (χ0v) is 15.6. The number of hydrogen-bond acceptors (Lipinski definition) is 0. The van der Waals surface area contributed by atoms with Gasteiger partial charge in [0.15, 0.2) is 0 Å². The van der Waals surface area contributed by atoms with Gasteiger partial charge in [-0.15, -0.1) is 0 Å². The minimum atomic E-state index is 0. The van der Waals surface area contributed by atoms with Crippen molar-refractivity contribution in [3.8, 4) is 11.1 Å². The number of allylic oxidation sites excluding steroid dienone is 1. The molecule has 0 radical (unpaired) electrons. The summed E-state index contributed by atoms with van der Waals surface area (Å²) in [6.45, 7) is 2.24. The van der Waals surface area contributed by atoms with Crippen LogP contribution in [0.3, 0.4) is 0 Å². The molecule has 0 saturated heterocycles. The van der Waals surface area contributed by atoms with Crippen LogP contribution in [-0.2, 0) is 24.7 Å². The third-order valence-corrected chi connectivity index (χ3v) is 5.25. The van der Waals surface area contributed by atoms with Crippen molar-refractivity contribution in [3.63, 3.8) is 0 Å². The van der Waals surface area contributed by atoms with E-state index in [-0.39, 0.29) is 37.2 Å². The van der Waals surface area contributed by atoms with Crippen molar-refractivity contribution in [1.82, 2.24) is 0 Å². The molecule has 1 aliphatic rings. The van der Waals surface area contributed by atoms with E-state index in [0.29, 0.717) is 3.63 Å². The van der Waals surface area contributed by atoms with Crippen LogP contribution in [0.2, 0.25) is 0 Å². The molecule has 1 atom stereocenters. The molecule has 0 aromatic heterocycles. The van der Waals surface area contributed by atoms with Crippen molar-refractivity contribution in [1.29, 1.82) is 0 Å². The van der Waals surface area contributed by atoms with Gasteiger partial charge in [0, 0.05) is 0 Å². The van der Waals surface area contributed by atoms with E-state index in [4.69, 9.17) is 0 Å². The molecule has 1 aliphatic carbocycles. The Hall–Kier alpha value is -0.0669. The molecular weight excluding hydrogens is 390 g/mol. The molecule has 102 valence electrons. The topological polar surface area (TPSA) is 0 Å². The van der Waals surface area contributed by atoms with E-state index >= 15 is 0 Å². The summed E-state index contributed by atoms with van der Waals surface area (Å²) in [5, 5.41) is 0. The summed E-state index contributed by atoms with van der Waals surface area (Å²) in [4.78, 5) is 0. The van der Waals surface area contributed by atoms with Gasteiger partial charge in [-0.05, 0) is 0 Å². The van der Waals surface area contributed by atoms with E-state index in [2.05, 4.69) is 61.5 Å². The molecule has 3 rings (SSSR count). The fourth-order valence-electron chi connectivity index (χ4n) is 2.42. The summed E-state index contributed by atoms with van der Waals surface area (Å²) >= 11 is 1.58.